The van der Waals surface area contributed by atoms with Gasteiger partial charge in [0.25, 0.3) is 0 Å². The molecule has 2 aromatic rings. The highest BCUT2D eigenvalue weighted by molar-refractivity contribution is 14.0. The molecule has 0 atom stereocenters. The molecule has 0 aliphatic rings. The Kier molecular flexibility index (Phi) is 8.27. The van der Waals surface area contributed by atoms with E-state index in [2.05, 4.69) is 10.3 Å². The van der Waals surface area contributed by atoms with E-state index < -0.39 is 0 Å². The van der Waals surface area contributed by atoms with Crippen LogP contribution in [0, 0.1) is 0 Å². The first-order valence-corrected chi connectivity index (χ1v) is 6.64. The van der Waals surface area contributed by atoms with Crippen LogP contribution in [-0.4, -0.2) is 19.1 Å². The van der Waals surface area contributed by atoms with Crippen LogP contribution in [0.3, 0.4) is 0 Å². The number of halogens is 1. The van der Waals surface area contributed by atoms with Crippen molar-refractivity contribution in [1.29, 1.82) is 0 Å². The molecule has 0 aliphatic carbocycles. The van der Waals surface area contributed by atoms with Gasteiger partial charge < -0.3 is 15.8 Å². The van der Waals surface area contributed by atoms with E-state index in [9.17, 15) is 0 Å². The fourth-order valence-electron chi connectivity index (χ4n) is 1.68. The Balaban J connectivity index is 0.00000220. The topological polar surface area (TPSA) is 59.6 Å². The maximum absolute atomic E-state index is 5.80. The normalized spacial score (nSPS) is 10.6. The highest BCUT2D eigenvalue weighted by Gasteiger charge is 1.94. The molecule has 2 rings (SSSR count). The zero-order valence-corrected chi connectivity index (χ0v) is 14.1. The summed E-state index contributed by atoms with van der Waals surface area (Å²) in [5, 5.41) is 3.04. The Labute approximate surface area is 142 Å². The van der Waals surface area contributed by atoms with Crippen molar-refractivity contribution in [2.75, 3.05) is 18.5 Å². The van der Waals surface area contributed by atoms with Crippen LogP contribution in [0.1, 0.15) is 6.42 Å². The van der Waals surface area contributed by atoms with Gasteiger partial charge in [-0.2, -0.15) is 0 Å². The molecule has 0 heterocycles. The highest BCUT2D eigenvalue weighted by atomic mass is 127. The Hall–Kier alpha value is -1.76. The Bertz CT molecular complexity index is 532. The van der Waals surface area contributed by atoms with Crippen molar-refractivity contribution in [2.45, 2.75) is 6.42 Å². The molecule has 5 heteroatoms. The van der Waals surface area contributed by atoms with Crippen molar-refractivity contribution >= 4 is 35.6 Å². The van der Waals surface area contributed by atoms with Crippen molar-refractivity contribution in [1.82, 2.24) is 0 Å². The lowest BCUT2D eigenvalue weighted by Gasteiger charge is -2.06. The monoisotopic (exact) mass is 397 g/mol. The summed E-state index contributed by atoms with van der Waals surface area (Å²) in [6.45, 7) is 1.27. The zero-order chi connectivity index (χ0) is 14.0. The first-order valence-electron chi connectivity index (χ1n) is 6.64. The lowest BCUT2D eigenvalue weighted by molar-refractivity contribution is 0.313. The van der Waals surface area contributed by atoms with Crippen LogP contribution < -0.4 is 15.8 Å². The van der Waals surface area contributed by atoms with Crippen molar-refractivity contribution in [3.8, 4) is 5.75 Å². The van der Waals surface area contributed by atoms with E-state index in [1.54, 1.807) is 0 Å². The second-order valence-electron chi connectivity index (χ2n) is 4.27. The number of benzene rings is 2. The van der Waals surface area contributed by atoms with Gasteiger partial charge in [0.05, 0.1) is 6.61 Å². The predicted molar refractivity (Wildman–Crippen MR) is 98.5 cm³/mol. The number of aliphatic imine (C=N–C) groups is 1. The third kappa shape index (κ3) is 6.99. The van der Waals surface area contributed by atoms with Gasteiger partial charge >= 0.3 is 0 Å². The van der Waals surface area contributed by atoms with Gasteiger partial charge in [-0.05, 0) is 24.3 Å². The second kappa shape index (κ2) is 10.0. The first-order chi connectivity index (χ1) is 9.84. The predicted octanol–water partition coefficient (Wildman–Crippen LogP) is 3.50. The fraction of sp³-hybridized carbons (Fsp3) is 0.188. The number of hydrogen-bond acceptors (Lipinski definition) is 2. The highest BCUT2D eigenvalue weighted by Crippen LogP contribution is 2.08. The molecule has 112 valence electrons. The molecule has 0 saturated heterocycles. The van der Waals surface area contributed by atoms with Gasteiger partial charge in [0.2, 0.25) is 0 Å². The third-order valence-corrected chi connectivity index (χ3v) is 2.64. The Morgan fingerprint density at radius 3 is 2.29 bits per heavy atom. The van der Waals surface area contributed by atoms with Crippen LogP contribution in [-0.2, 0) is 0 Å². The molecule has 4 nitrogen and oxygen atoms in total. The maximum Gasteiger partial charge on any atom is 0.193 e. The van der Waals surface area contributed by atoms with Gasteiger partial charge in [0.1, 0.15) is 5.75 Å². The van der Waals surface area contributed by atoms with Gasteiger partial charge in [-0.3, -0.25) is 4.99 Å². The average molecular weight is 397 g/mol. The summed E-state index contributed by atoms with van der Waals surface area (Å²) >= 11 is 0. The maximum atomic E-state index is 5.80. The minimum absolute atomic E-state index is 0. The lowest BCUT2D eigenvalue weighted by Crippen LogP contribution is -2.23. The molecule has 0 unspecified atom stereocenters. The molecular weight excluding hydrogens is 377 g/mol. The molecule has 3 N–H and O–H groups in total. The van der Waals surface area contributed by atoms with Crippen LogP contribution in [0.2, 0.25) is 0 Å². The van der Waals surface area contributed by atoms with Gasteiger partial charge in [-0.25, -0.2) is 0 Å². The number of anilines is 1. The second-order valence-corrected chi connectivity index (χ2v) is 4.27. The van der Waals surface area contributed by atoms with E-state index in [4.69, 9.17) is 10.5 Å². The van der Waals surface area contributed by atoms with E-state index >= 15 is 0 Å². The largest absolute Gasteiger partial charge is 0.494 e. The van der Waals surface area contributed by atoms with Crippen molar-refractivity contribution in [3.63, 3.8) is 0 Å². The minimum Gasteiger partial charge on any atom is -0.494 e. The Morgan fingerprint density at radius 1 is 1.00 bits per heavy atom. The third-order valence-electron chi connectivity index (χ3n) is 2.64. The number of hydrogen-bond donors (Lipinski definition) is 2. The first kappa shape index (κ1) is 17.3. The summed E-state index contributed by atoms with van der Waals surface area (Å²) in [7, 11) is 0. The number of para-hydroxylation sites is 2. The molecule has 0 fully saturated rings. The number of nitrogens with zero attached hydrogens (tertiary/aromatic N) is 1. The molecule has 21 heavy (non-hydrogen) atoms. The van der Waals surface area contributed by atoms with Crippen LogP contribution in [0.25, 0.3) is 0 Å². The molecule has 0 aromatic heterocycles. The minimum atomic E-state index is 0. The molecule has 0 spiro atoms. The van der Waals surface area contributed by atoms with E-state index in [1.165, 1.54) is 0 Å². The fourth-order valence-corrected chi connectivity index (χ4v) is 1.68. The van der Waals surface area contributed by atoms with Crippen LogP contribution in [0.4, 0.5) is 5.69 Å². The number of ether oxygens (including phenoxy) is 1. The number of guanidine groups is 1. The lowest BCUT2D eigenvalue weighted by atomic mass is 10.3. The summed E-state index contributed by atoms with van der Waals surface area (Å²) in [5.41, 5.74) is 6.74. The van der Waals surface area contributed by atoms with Crippen molar-refractivity contribution in [3.05, 3.63) is 60.7 Å². The molecule has 0 bridgehead atoms. The zero-order valence-electron chi connectivity index (χ0n) is 11.7. The van der Waals surface area contributed by atoms with E-state index in [0.717, 1.165) is 17.9 Å². The smallest absolute Gasteiger partial charge is 0.193 e. The molecule has 2 aromatic carbocycles. The van der Waals surface area contributed by atoms with Gasteiger partial charge in [-0.15, -0.1) is 24.0 Å². The molecule has 0 radical (unpaired) electrons. The molecule has 0 aliphatic heterocycles. The van der Waals surface area contributed by atoms with Crippen LogP contribution in [0.5, 0.6) is 5.75 Å². The summed E-state index contributed by atoms with van der Waals surface area (Å²) < 4.78 is 5.58. The van der Waals surface area contributed by atoms with Gasteiger partial charge in [-0.1, -0.05) is 36.4 Å². The van der Waals surface area contributed by atoms with E-state index in [0.29, 0.717) is 19.1 Å². The van der Waals surface area contributed by atoms with Crippen LogP contribution >= 0.6 is 24.0 Å². The van der Waals surface area contributed by atoms with Gasteiger partial charge in [0, 0.05) is 18.7 Å². The number of nitrogens with two attached hydrogens (primary N) is 1. The van der Waals surface area contributed by atoms with E-state index in [-0.39, 0.29) is 24.0 Å². The molecule has 0 saturated carbocycles. The quantitative estimate of drug-likeness (QED) is 0.340. The summed E-state index contributed by atoms with van der Waals surface area (Å²) in [5.74, 6) is 1.31. The standard InChI is InChI=1S/C16H19N3O.HI/c17-16(19-14-8-3-1-4-9-14)18-12-7-13-20-15-10-5-2-6-11-15;/h1-6,8-11H,7,12-13H2,(H3,17,18,19);1H. The number of rotatable bonds is 6. The van der Waals surface area contributed by atoms with Crippen molar-refractivity contribution in [2.24, 2.45) is 10.7 Å². The molecular formula is C16H20IN3O. The van der Waals surface area contributed by atoms with Gasteiger partial charge in [0.15, 0.2) is 5.96 Å². The average Bonchev–Trinajstić information content (AvgIpc) is 2.49. The summed E-state index contributed by atoms with van der Waals surface area (Å²) in [6.07, 6.45) is 0.825. The van der Waals surface area contributed by atoms with Crippen molar-refractivity contribution < 1.29 is 4.74 Å². The summed E-state index contributed by atoms with van der Waals surface area (Å²) in [6, 6.07) is 19.5. The molecule has 0 amide bonds. The SMILES string of the molecule is I.NC(=NCCCOc1ccccc1)Nc1ccccc1. The Morgan fingerprint density at radius 2 is 1.62 bits per heavy atom. The summed E-state index contributed by atoms with van der Waals surface area (Å²) in [4.78, 5) is 4.25. The van der Waals surface area contributed by atoms with E-state index in [1.807, 2.05) is 60.7 Å². The number of nitrogens with one attached hydrogen (secondary N) is 1. The van der Waals surface area contributed by atoms with Crippen LogP contribution in [0.15, 0.2) is 65.7 Å².